The molecule has 7 heteroatoms. The van der Waals surface area contributed by atoms with Gasteiger partial charge in [-0.2, -0.15) is 0 Å². The molecule has 0 radical (unpaired) electrons. The second-order valence-corrected chi connectivity index (χ2v) is 6.45. The molecule has 5 nitrogen and oxygen atoms in total. The zero-order valence-corrected chi connectivity index (χ0v) is 15.0. The summed E-state index contributed by atoms with van der Waals surface area (Å²) in [7, 11) is 0. The van der Waals surface area contributed by atoms with Crippen molar-refractivity contribution in [3.8, 4) is 0 Å². The maximum atomic E-state index is 13.2. The first-order valence-electron chi connectivity index (χ1n) is 8.46. The van der Waals surface area contributed by atoms with Crippen molar-refractivity contribution < 1.29 is 9.18 Å². The van der Waals surface area contributed by atoms with E-state index in [4.69, 9.17) is 11.6 Å². The molecule has 3 heterocycles. The average molecular weight is 383 g/mol. The van der Waals surface area contributed by atoms with Gasteiger partial charge < -0.3 is 10.3 Å². The maximum Gasteiger partial charge on any atom is 0.244 e. The number of carbonyl (C=O) groups excluding carboxylic acids is 1. The van der Waals surface area contributed by atoms with Crippen LogP contribution in [0.3, 0.4) is 0 Å². The molecule has 3 aromatic heterocycles. The largest absolute Gasteiger partial charge is 0.361 e. The number of benzene rings is 1. The predicted molar refractivity (Wildman–Crippen MR) is 104 cm³/mol. The Morgan fingerprint density at radius 3 is 3.11 bits per heavy atom. The molecule has 0 bridgehead atoms. The van der Waals surface area contributed by atoms with Crippen LogP contribution in [0.15, 0.2) is 54.9 Å². The molecule has 0 atom stereocenters. The lowest BCUT2D eigenvalue weighted by Crippen LogP contribution is -2.23. The van der Waals surface area contributed by atoms with Gasteiger partial charge in [-0.3, -0.25) is 9.20 Å². The normalized spacial score (nSPS) is 11.6. The molecule has 0 aliphatic carbocycles. The first-order valence-corrected chi connectivity index (χ1v) is 8.83. The van der Waals surface area contributed by atoms with Crippen LogP contribution in [0.1, 0.15) is 11.3 Å². The second-order valence-electron chi connectivity index (χ2n) is 6.09. The number of fused-ring (bicyclic) bond motifs is 2. The third-order valence-corrected chi connectivity index (χ3v) is 4.62. The Bertz CT molecular complexity index is 1160. The fourth-order valence-electron chi connectivity index (χ4n) is 3.03. The lowest BCUT2D eigenvalue weighted by atomic mass is 10.1. The number of amides is 1. The van der Waals surface area contributed by atoms with Gasteiger partial charge in [0.25, 0.3) is 0 Å². The monoisotopic (exact) mass is 382 g/mol. The summed E-state index contributed by atoms with van der Waals surface area (Å²) in [5.74, 6) is -0.497. The van der Waals surface area contributed by atoms with Crippen LogP contribution in [0.4, 0.5) is 4.39 Å². The number of H-pyrrole nitrogens is 1. The minimum Gasteiger partial charge on any atom is -0.361 e. The number of imidazole rings is 1. The van der Waals surface area contributed by atoms with Crippen molar-refractivity contribution in [3.05, 3.63) is 77.1 Å². The van der Waals surface area contributed by atoms with Crippen LogP contribution in [0.5, 0.6) is 0 Å². The predicted octanol–water partition coefficient (Wildman–Crippen LogP) is 3.98. The van der Waals surface area contributed by atoms with E-state index >= 15 is 0 Å². The molecule has 0 unspecified atom stereocenters. The number of rotatable bonds is 5. The van der Waals surface area contributed by atoms with Gasteiger partial charge in [0.1, 0.15) is 11.5 Å². The highest BCUT2D eigenvalue weighted by Gasteiger charge is 2.08. The molecule has 1 amide bonds. The minimum absolute atomic E-state index is 0.220. The molecule has 1 aromatic carbocycles. The quantitative estimate of drug-likeness (QED) is 0.513. The van der Waals surface area contributed by atoms with Crippen molar-refractivity contribution in [3.63, 3.8) is 0 Å². The number of aromatic amines is 1. The van der Waals surface area contributed by atoms with Crippen LogP contribution in [0, 0.1) is 5.82 Å². The van der Waals surface area contributed by atoms with Crippen molar-refractivity contribution in [1.29, 1.82) is 0 Å². The zero-order valence-electron chi connectivity index (χ0n) is 14.2. The smallest absolute Gasteiger partial charge is 0.244 e. The fourth-order valence-corrected chi connectivity index (χ4v) is 3.28. The molecule has 136 valence electrons. The van der Waals surface area contributed by atoms with Crippen LogP contribution in [0.25, 0.3) is 22.6 Å². The van der Waals surface area contributed by atoms with E-state index in [-0.39, 0.29) is 11.7 Å². The van der Waals surface area contributed by atoms with E-state index in [1.54, 1.807) is 12.1 Å². The molecule has 0 saturated carbocycles. The summed E-state index contributed by atoms with van der Waals surface area (Å²) in [4.78, 5) is 19.4. The molecule has 27 heavy (non-hydrogen) atoms. The Kier molecular flexibility index (Phi) is 4.64. The van der Waals surface area contributed by atoms with Gasteiger partial charge in [-0.25, -0.2) is 9.37 Å². The summed E-state index contributed by atoms with van der Waals surface area (Å²) in [6.07, 6.45) is 7.40. The number of hydrogen-bond donors (Lipinski definition) is 2. The molecular formula is C20H16ClFN4O. The molecule has 0 fully saturated rings. The lowest BCUT2D eigenvalue weighted by molar-refractivity contribution is -0.116. The van der Waals surface area contributed by atoms with E-state index < -0.39 is 0 Å². The molecule has 4 aromatic rings. The summed E-state index contributed by atoms with van der Waals surface area (Å²) in [6.45, 7) is 0.467. The van der Waals surface area contributed by atoms with Gasteiger partial charge in [0.2, 0.25) is 5.91 Å². The van der Waals surface area contributed by atoms with E-state index in [9.17, 15) is 9.18 Å². The Balaban J connectivity index is 1.39. The van der Waals surface area contributed by atoms with E-state index in [0.29, 0.717) is 23.8 Å². The molecule has 0 saturated heterocycles. The van der Waals surface area contributed by atoms with E-state index in [1.807, 2.05) is 35.0 Å². The van der Waals surface area contributed by atoms with Gasteiger partial charge >= 0.3 is 0 Å². The topological polar surface area (TPSA) is 62.2 Å². The highest BCUT2D eigenvalue weighted by molar-refractivity contribution is 6.31. The van der Waals surface area contributed by atoms with Crippen molar-refractivity contribution in [2.75, 3.05) is 6.54 Å². The van der Waals surface area contributed by atoms with Gasteiger partial charge in [0.15, 0.2) is 5.15 Å². The van der Waals surface area contributed by atoms with Gasteiger partial charge in [-0.15, -0.1) is 0 Å². The Morgan fingerprint density at radius 2 is 2.22 bits per heavy atom. The van der Waals surface area contributed by atoms with Crippen molar-refractivity contribution in [2.24, 2.45) is 0 Å². The summed E-state index contributed by atoms with van der Waals surface area (Å²) in [5.41, 5.74) is 3.15. The van der Waals surface area contributed by atoms with Crippen molar-refractivity contribution in [1.82, 2.24) is 19.7 Å². The second kappa shape index (κ2) is 7.25. The Hall–Kier alpha value is -3.12. The average Bonchev–Trinajstić information content (AvgIpc) is 3.19. The number of halogens is 2. The Labute approximate surface area is 159 Å². The summed E-state index contributed by atoms with van der Waals surface area (Å²) < 4.78 is 15.0. The third-order valence-electron chi connectivity index (χ3n) is 4.34. The standard InChI is InChI=1S/C20H16ClFN4O/c21-20-17(26-10-2-1-3-18(26)25-20)6-7-19(27)23-9-8-13-12-24-16-11-14(22)4-5-15(13)16/h1-7,10-12,24H,8-9H2,(H,23,27). The third kappa shape index (κ3) is 3.57. The van der Waals surface area contributed by atoms with Crippen molar-refractivity contribution >= 4 is 40.1 Å². The van der Waals surface area contributed by atoms with E-state index in [2.05, 4.69) is 15.3 Å². The fraction of sp³-hybridized carbons (Fsp3) is 0.100. The number of nitrogens with zero attached hydrogens (tertiary/aromatic N) is 2. The summed E-state index contributed by atoms with van der Waals surface area (Å²) >= 11 is 6.14. The van der Waals surface area contributed by atoms with E-state index in [0.717, 1.165) is 22.1 Å². The summed E-state index contributed by atoms with van der Waals surface area (Å²) in [6, 6.07) is 10.2. The van der Waals surface area contributed by atoms with Gasteiger partial charge in [-0.05, 0) is 48.4 Å². The van der Waals surface area contributed by atoms with Gasteiger partial charge in [0.05, 0.1) is 5.69 Å². The Morgan fingerprint density at radius 1 is 1.33 bits per heavy atom. The molecular weight excluding hydrogens is 367 g/mol. The number of pyridine rings is 1. The molecule has 0 aliphatic rings. The molecule has 4 rings (SSSR count). The molecule has 0 aliphatic heterocycles. The van der Waals surface area contributed by atoms with Crippen LogP contribution in [-0.2, 0) is 11.2 Å². The zero-order chi connectivity index (χ0) is 18.8. The van der Waals surface area contributed by atoms with Crippen LogP contribution >= 0.6 is 11.6 Å². The minimum atomic E-state index is -0.277. The van der Waals surface area contributed by atoms with Crippen LogP contribution in [0.2, 0.25) is 5.15 Å². The number of hydrogen-bond acceptors (Lipinski definition) is 2. The highest BCUT2D eigenvalue weighted by atomic mass is 35.5. The molecule has 2 N–H and O–H groups in total. The van der Waals surface area contributed by atoms with Crippen molar-refractivity contribution in [2.45, 2.75) is 6.42 Å². The molecule has 0 spiro atoms. The summed E-state index contributed by atoms with van der Waals surface area (Å²) in [5, 5.41) is 4.14. The maximum absolute atomic E-state index is 13.2. The SMILES string of the molecule is O=C(C=Cc1c(Cl)nc2ccccn12)NCCc1c[nH]c2cc(F)ccc12. The number of aromatic nitrogens is 3. The van der Waals surface area contributed by atoms with Crippen LogP contribution in [-0.4, -0.2) is 26.8 Å². The number of carbonyl (C=O) groups is 1. The lowest BCUT2D eigenvalue weighted by Gasteiger charge is -2.02. The first kappa shape index (κ1) is 17.3. The number of nitrogens with one attached hydrogen (secondary N) is 2. The first-order chi connectivity index (χ1) is 13.1. The van der Waals surface area contributed by atoms with Gasteiger partial charge in [-0.1, -0.05) is 17.7 Å². The van der Waals surface area contributed by atoms with Crippen LogP contribution < -0.4 is 5.32 Å². The van der Waals surface area contributed by atoms with Gasteiger partial charge in [0, 0.05) is 35.9 Å². The highest BCUT2D eigenvalue weighted by Crippen LogP contribution is 2.20. The van der Waals surface area contributed by atoms with E-state index in [1.165, 1.54) is 18.2 Å².